The van der Waals surface area contributed by atoms with Crippen LogP contribution in [-0.4, -0.2) is 43.2 Å². The average Bonchev–Trinajstić information content (AvgIpc) is 3.23. The minimum atomic E-state index is -0.154. The molecule has 1 fully saturated rings. The van der Waals surface area contributed by atoms with E-state index in [4.69, 9.17) is 0 Å². The first-order chi connectivity index (χ1) is 12.1. The lowest BCUT2D eigenvalue weighted by Crippen LogP contribution is -2.41. The van der Waals surface area contributed by atoms with Gasteiger partial charge in [-0.15, -0.1) is 0 Å². The van der Waals surface area contributed by atoms with Gasteiger partial charge in [0.1, 0.15) is 12.4 Å². The normalized spacial score (nSPS) is 19.9. The average molecular weight is 341 g/mol. The molecule has 1 saturated heterocycles. The number of aryl methyl sites for hydroxylation is 2. The Morgan fingerprint density at radius 2 is 2.20 bits per heavy atom. The molecule has 7 heteroatoms. The zero-order chi connectivity index (χ0) is 17.4. The van der Waals surface area contributed by atoms with Crippen LogP contribution in [0, 0.1) is 6.92 Å². The van der Waals surface area contributed by atoms with Crippen LogP contribution >= 0.6 is 0 Å². The number of carbonyl (C=O) groups is 1. The van der Waals surface area contributed by atoms with Crippen molar-refractivity contribution in [3.05, 3.63) is 45.9 Å². The number of aromatic nitrogens is 4. The molecule has 0 spiro atoms. The van der Waals surface area contributed by atoms with E-state index < -0.39 is 0 Å². The van der Waals surface area contributed by atoms with Crippen LogP contribution in [0.2, 0.25) is 0 Å². The first-order valence-corrected chi connectivity index (χ1v) is 8.97. The summed E-state index contributed by atoms with van der Waals surface area (Å²) in [7, 11) is 0. The molecule has 0 bridgehead atoms. The van der Waals surface area contributed by atoms with Crippen molar-refractivity contribution in [2.24, 2.45) is 0 Å². The number of hydrogen-bond donors (Lipinski definition) is 0. The summed E-state index contributed by atoms with van der Waals surface area (Å²) in [5.74, 6) is 1.20. The molecular weight excluding hydrogens is 318 g/mol. The molecule has 0 N–H and O–H groups in total. The summed E-state index contributed by atoms with van der Waals surface area (Å²) < 4.78 is 3.88. The Bertz CT molecular complexity index is 853. The van der Waals surface area contributed by atoms with E-state index in [1.165, 1.54) is 0 Å². The molecule has 2 aliphatic rings. The Labute approximate surface area is 146 Å². The third-order valence-corrected chi connectivity index (χ3v) is 5.17. The highest BCUT2D eigenvalue weighted by Crippen LogP contribution is 2.28. The topological polar surface area (TPSA) is 73.0 Å². The van der Waals surface area contributed by atoms with Crippen molar-refractivity contribution < 1.29 is 4.79 Å². The van der Waals surface area contributed by atoms with Crippen LogP contribution in [0.25, 0.3) is 0 Å². The van der Waals surface area contributed by atoms with Crippen molar-refractivity contribution >= 4 is 5.91 Å². The van der Waals surface area contributed by atoms with E-state index in [-0.39, 0.29) is 23.9 Å². The molecule has 0 radical (unpaired) electrons. The Hall–Kier alpha value is -2.44. The first kappa shape index (κ1) is 16.1. The third kappa shape index (κ3) is 3.23. The van der Waals surface area contributed by atoms with Crippen molar-refractivity contribution in [3.63, 3.8) is 0 Å². The molecule has 132 valence electrons. The first-order valence-electron chi connectivity index (χ1n) is 8.97. The monoisotopic (exact) mass is 341 g/mol. The SMILES string of the molecule is Cc1cnn(CC(=O)N2CCCC(c3cc(=O)nc4n3CCC4)C2)c1. The van der Waals surface area contributed by atoms with Crippen LogP contribution < -0.4 is 5.56 Å². The number of nitrogens with zero attached hydrogens (tertiary/aromatic N) is 5. The van der Waals surface area contributed by atoms with E-state index in [9.17, 15) is 9.59 Å². The lowest BCUT2D eigenvalue weighted by Gasteiger charge is -2.34. The van der Waals surface area contributed by atoms with Crippen molar-refractivity contribution in [1.82, 2.24) is 24.2 Å². The van der Waals surface area contributed by atoms with Crippen molar-refractivity contribution in [1.29, 1.82) is 0 Å². The Balaban J connectivity index is 1.52. The molecule has 0 saturated carbocycles. The number of likely N-dealkylation sites (tertiary alicyclic amines) is 1. The zero-order valence-electron chi connectivity index (χ0n) is 14.5. The maximum absolute atomic E-state index is 12.6. The van der Waals surface area contributed by atoms with Gasteiger partial charge in [0.05, 0.1) is 6.20 Å². The van der Waals surface area contributed by atoms with E-state index >= 15 is 0 Å². The van der Waals surface area contributed by atoms with Crippen LogP contribution in [0.4, 0.5) is 0 Å². The second-order valence-corrected chi connectivity index (χ2v) is 7.08. The van der Waals surface area contributed by atoms with Gasteiger partial charge in [0.15, 0.2) is 0 Å². The maximum atomic E-state index is 12.6. The highest BCUT2D eigenvalue weighted by atomic mass is 16.2. The van der Waals surface area contributed by atoms with Crippen LogP contribution in [-0.2, 0) is 24.3 Å². The highest BCUT2D eigenvalue weighted by Gasteiger charge is 2.28. The Morgan fingerprint density at radius 1 is 1.32 bits per heavy atom. The molecule has 1 unspecified atom stereocenters. The number of amides is 1. The fraction of sp³-hybridized carbons (Fsp3) is 0.556. The molecule has 1 amide bonds. The quantitative estimate of drug-likeness (QED) is 0.838. The third-order valence-electron chi connectivity index (χ3n) is 5.17. The standard InChI is InChI=1S/C18H23N5O2/c1-13-9-19-22(10-13)12-18(25)21-6-2-4-14(11-21)15-8-17(24)20-16-5-3-7-23(15)16/h8-10,14H,2-7,11-12H2,1H3. The zero-order valence-corrected chi connectivity index (χ0v) is 14.5. The van der Waals surface area contributed by atoms with Gasteiger partial charge >= 0.3 is 0 Å². The predicted octanol–water partition coefficient (Wildman–Crippen LogP) is 1.10. The summed E-state index contributed by atoms with van der Waals surface area (Å²) in [6, 6.07) is 1.67. The van der Waals surface area contributed by atoms with Crippen LogP contribution in [0.3, 0.4) is 0 Å². The summed E-state index contributed by atoms with van der Waals surface area (Å²) in [6.45, 7) is 4.61. The van der Waals surface area contributed by atoms with Gasteiger partial charge in [-0.25, -0.2) is 0 Å². The lowest BCUT2D eigenvalue weighted by molar-refractivity contribution is -0.133. The van der Waals surface area contributed by atoms with Gasteiger partial charge in [0.2, 0.25) is 5.91 Å². The predicted molar refractivity (Wildman–Crippen MR) is 92.3 cm³/mol. The minimum Gasteiger partial charge on any atom is -0.340 e. The van der Waals surface area contributed by atoms with E-state index in [1.54, 1.807) is 16.9 Å². The number of carbonyl (C=O) groups excluding carboxylic acids is 1. The van der Waals surface area contributed by atoms with E-state index in [0.717, 1.165) is 55.9 Å². The molecule has 2 aliphatic heterocycles. The maximum Gasteiger partial charge on any atom is 0.273 e. The molecular formula is C18H23N5O2. The van der Waals surface area contributed by atoms with E-state index in [1.807, 2.05) is 18.0 Å². The summed E-state index contributed by atoms with van der Waals surface area (Å²) in [6.07, 6.45) is 7.52. The highest BCUT2D eigenvalue weighted by molar-refractivity contribution is 5.76. The number of rotatable bonds is 3. The molecule has 2 aromatic rings. The molecule has 4 heterocycles. The molecule has 0 aromatic carbocycles. The van der Waals surface area contributed by atoms with E-state index in [2.05, 4.69) is 14.6 Å². The van der Waals surface area contributed by atoms with Crippen molar-refractivity contribution in [2.75, 3.05) is 13.1 Å². The lowest BCUT2D eigenvalue weighted by atomic mass is 9.94. The fourth-order valence-electron chi connectivity index (χ4n) is 3.99. The van der Waals surface area contributed by atoms with Crippen molar-refractivity contribution in [2.45, 2.75) is 51.6 Å². The number of fused-ring (bicyclic) bond motifs is 1. The van der Waals surface area contributed by atoms with Gasteiger partial charge in [-0.3, -0.25) is 14.3 Å². The van der Waals surface area contributed by atoms with Gasteiger partial charge in [0, 0.05) is 49.9 Å². The van der Waals surface area contributed by atoms with Crippen LogP contribution in [0.15, 0.2) is 23.3 Å². The fourth-order valence-corrected chi connectivity index (χ4v) is 3.99. The molecule has 25 heavy (non-hydrogen) atoms. The molecule has 4 rings (SSSR count). The van der Waals surface area contributed by atoms with Crippen molar-refractivity contribution in [3.8, 4) is 0 Å². The molecule has 2 aromatic heterocycles. The number of piperidine rings is 1. The smallest absolute Gasteiger partial charge is 0.273 e. The van der Waals surface area contributed by atoms with Crippen LogP contribution in [0.1, 0.15) is 42.3 Å². The molecule has 1 atom stereocenters. The van der Waals surface area contributed by atoms with Gasteiger partial charge in [-0.1, -0.05) is 0 Å². The second kappa shape index (κ2) is 6.46. The summed E-state index contributed by atoms with van der Waals surface area (Å²) in [5.41, 5.74) is 1.95. The molecule has 7 nitrogen and oxygen atoms in total. The Kier molecular flexibility index (Phi) is 4.15. The Morgan fingerprint density at radius 3 is 3.00 bits per heavy atom. The number of hydrogen-bond acceptors (Lipinski definition) is 4. The summed E-state index contributed by atoms with van der Waals surface area (Å²) in [4.78, 5) is 30.6. The minimum absolute atomic E-state index is 0.0887. The van der Waals surface area contributed by atoms with Crippen LogP contribution in [0.5, 0.6) is 0 Å². The summed E-state index contributed by atoms with van der Waals surface area (Å²) in [5, 5.41) is 4.20. The van der Waals surface area contributed by atoms with Gasteiger partial charge in [-0.05, 0) is 31.7 Å². The molecule has 0 aliphatic carbocycles. The summed E-state index contributed by atoms with van der Waals surface area (Å²) >= 11 is 0. The van der Waals surface area contributed by atoms with Gasteiger partial charge < -0.3 is 9.47 Å². The van der Waals surface area contributed by atoms with Gasteiger partial charge in [0.25, 0.3) is 5.56 Å². The van der Waals surface area contributed by atoms with Gasteiger partial charge in [-0.2, -0.15) is 10.1 Å². The second-order valence-electron chi connectivity index (χ2n) is 7.08. The largest absolute Gasteiger partial charge is 0.340 e. The van der Waals surface area contributed by atoms with E-state index in [0.29, 0.717) is 6.54 Å².